The predicted octanol–water partition coefficient (Wildman–Crippen LogP) is 1.85. The van der Waals surface area contributed by atoms with Crippen molar-refractivity contribution in [2.75, 3.05) is 20.8 Å². The van der Waals surface area contributed by atoms with E-state index in [0.29, 0.717) is 41.4 Å². The molecule has 1 unspecified atom stereocenters. The summed E-state index contributed by atoms with van der Waals surface area (Å²) in [6.45, 7) is 0.951. The van der Waals surface area contributed by atoms with Gasteiger partial charge in [-0.3, -0.25) is 14.6 Å². The van der Waals surface area contributed by atoms with E-state index in [1.165, 1.54) is 30.5 Å². The standard InChI is InChI=1S/C23H23N3O5S/c1-30-15-6-7-17(31-2)16(13-15)20-19(21(27)18-5-3-12-32-18)22(28)23(29)26(20)10-4-9-25-11-8-24-14-25/h3,5-8,11-14,20H,4,9-10H2,1-2H3,(H,27,28). The Morgan fingerprint density at radius 1 is 1.28 bits per heavy atom. The normalized spacial score (nSPS) is 16.0. The fourth-order valence-electron chi connectivity index (χ4n) is 3.90. The number of nitrogens with zero attached hydrogens (tertiary/aromatic N) is 2. The average Bonchev–Trinajstić information content (AvgIpc) is 3.57. The molecule has 3 aromatic rings. The summed E-state index contributed by atoms with van der Waals surface area (Å²) in [5.74, 6) is -0.875. The summed E-state index contributed by atoms with van der Waals surface area (Å²) in [6.07, 6.45) is 6.11. The highest BCUT2D eigenvalue weighted by molar-refractivity contribution is 7.12. The smallest absolute Gasteiger partial charge is 0.241 e. The van der Waals surface area contributed by atoms with E-state index < -0.39 is 23.5 Å². The zero-order chi connectivity index (χ0) is 22.7. The number of benzene rings is 1. The number of thiophene rings is 1. The maximum atomic E-state index is 13.3. The number of aryl methyl sites for hydroxylation is 1. The molecule has 0 bridgehead atoms. The Kier molecular flexibility index (Phi) is 6.27. The molecule has 1 atom stereocenters. The van der Waals surface area contributed by atoms with Gasteiger partial charge in [-0.25, -0.2) is 4.57 Å². The summed E-state index contributed by atoms with van der Waals surface area (Å²) in [6, 6.07) is 7.70. The molecule has 1 N–H and O–H groups in total. The molecule has 0 fully saturated rings. The number of carbonyl (C=O) groups is 2. The number of ether oxygens (including phenoxy) is 2. The van der Waals surface area contributed by atoms with E-state index in [9.17, 15) is 14.7 Å². The number of Topliss-reactive ketones (excluding diaryl/α,β-unsaturated/α-hetero) is 1. The number of amides is 1. The number of methoxy groups -OCH3 is 2. The first-order valence-corrected chi connectivity index (χ1v) is 11.0. The van der Waals surface area contributed by atoms with Crippen LogP contribution in [0.2, 0.25) is 0 Å². The lowest BCUT2D eigenvalue weighted by molar-refractivity contribution is -0.695. The van der Waals surface area contributed by atoms with Crippen LogP contribution in [0.15, 0.2) is 65.8 Å². The number of rotatable bonds is 9. The van der Waals surface area contributed by atoms with Gasteiger partial charge in [0.25, 0.3) is 0 Å². The summed E-state index contributed by atoms with van der Waals surface area (Å²) in [5, 5.41) is 14.8. The molecule has 32 heavy (non-hydrogen) atoms. The number of aromatic amines is 1. The van der Waals surface area contributed by atoms with Crippen LogP contribution < -0.4 is 19.1 Å². The van der Waals surface area contributed by atoms with Crippen molar-refractivity contribution in [2.45, 2.75) is 19.0 Å². The number of hydrogen-bond acceptors (Lipinski definition) is 6. The third kappa shape index (κ3) is 3.99. The summed E-state index contributed by atoms with van der Waals surface area (Å²) >= 11 is 1.24. The molecule has 4 rings (SSSR count). The number of aromatic nitrogens is 2. The quantitative estimate of drug-likeness (QED) is 0.394. The van der Waals surface area contributed by atoms with Crippen molar-refractivity contribution < 1.29 is 28.7 Å². The molecule has 166 valence electrons. The Morgan fingerprint density at radius 2 is 2.12 bits per heavy atom. The average molecular weight is 454 g/mol. The fourth-order valence-corrected chi connectivity index (χ4v) is 4.58. The molecule has 2 aromatic heterocycles. The van der Waals surface area contributed by atoms with Gasteiger partial charge in [-0.05, 0) is 35.4 Å². The highest BCUT2D eigenvalue weighted by Crippen LogP contribution is 2.43. The highest BCUT2D eigenvalue weighted by Gasteiger charge is 2.41. The number of imidazole rings is 1. The summed E-state index contributed by atoms with van der Waals surface area (Å²) in [4.78, 5) is 31.2. The topological polar surface area (TPSA) is 98.6 Å². The van der Waals surface area contributed by atoms with E-state index >= 15 is 0 Å². The Morgan fingerprint density at radius 3 is 2.78 bits per heavy atom. The van der Waals surface area contributed by atoms with Crippen LogP contribution in [-0.4, -0.2) is 42.3 Å². The van der Waals surface area contributed by atoms with Gasteiger partial charge >= 0.3 is 0 Å². The molecule has 1 aliphatic heterocycles. The van der Waals surface area contributed by atoms with E-state index in [4.69, 9.17) is 9.47 Å². The second kappa shape index (κ2) is 9.27. The van der Waals surface area contributed by atoms with Crippen LogP contribution in [0.25, 0.3) is 0 Å². The molecule has 0 saturated carbocycles. The van der Waals surface area contributed by atoms with Crippen molar-refractivity contribution in [3.8, 4) is 11.5 Å². The fraction of sp³-hybridized carbons (Fsp3) is 0.261. The van der Waals surface area contributed by atoms with Crippen LogP contribution in [0.3, 0.4) is 0 Å². The van der Waals surface area contributed by atoms with Gasteiger partial charge in [0.2, 0.25) is 18.0 Å². The molecule has 0 saturated heterocycles. The number of hydrogen-bond donors (Lipinski definition) is 1. The Balaban J connectivity index is 1.74. The maximum Gasteiger partial charge on any atom is 0.241 e. The molecular formula is C23H23N3O5S. The lowest BCUT2D eigenvalue weighted by atomic mass is 9.94. The number of H-pyrrole nitrogens is 1. The third-order valence-corrected chi connectivity index (χ3v) is 6.29. The minimum atomic E-state index is -0.856. The molecule has 1 amide bonds. The van der Waals surface area contributed by atoms with Gasteiger partial charge < -0.3 is 19.5 Å². The van der Waals surface area contributed by atoms with Crippen molar-refractivity contribution in [1.29, 1.82) is 0 Å². The zero-order valence-electron chi connectivity index (χ0n) is 17.7. The van der Waals surface area contributed by atoms with Gasteiger partial charge in [-0.2, -0.15) is 0 Å². The van der Waals surface area contributed by atoms with E-state index in [1.54, 1.807) is 41.9 Å². The van der Waals surface area contributed by atoms with Crippen LogP contribution in [0.4, 0.5) is 0 Å². The molecule has 1 aliphatic rings. The number of carbonyl (C=O) groups excluding carboxylic acids is 2. The molecule has 8 nitrogen and oxygen atoms in total. The van der Waals surface area contributed by atoms with Gasteiger partial charge in [-0.1, -0.05) is 6.07 Å². The summed E-state index contributed by atoms with van der Waals surface area (Å²) in [7, 11) is 3.04. The molecule has 0 radical (unpaired) electrons. The Hall–Kier alpha value is -3.59. The van der Waals surface area contributed by atoms with Gasteiger partial charge in [0.05, 0.1) is 31.7 Å². The first-order valence-electron chi connectivity index (χ1n) is 10.1. The minimum Gasteiger partial charge on any atom is -0.868 e. The van der Waals surface area contributed by atoms with Gasteiger partial charge in [0.15, 0.2) is 0 Å². The van der Waals surface area contributed by atoms with Crippen molar-refractivity contribution in [3.05, 3.63) is 76.2 Å². The first-order chi connectivity index (χ1) is 15.5. The van der Waals surface area contributed by atoms with Crippen molar-refractivity contribution in [1.82, 2.24) is 9.88 Å². The molecule has 1 aromatic carbocycles. The van der Waals surface area contributed by atoms with Gasteiger partial charge in [0.1, 0.15) is 23.9 Å². The van der Waals surface area contributed by atoms with Gasteiger partial charge in [-0.15, -0.1) is 11.3 Å². The Bertz CT molecular complexity index is 1140. The SMILES string of the molecule is COc1ccc(OC)c(C2C(C(=O)c3cccs3)=C([O-])C(=O)N2CCC[n+]2cc[nH]c2)c1. The second-order valence-electron chi connectivity index (χ2n) is 7.26. The highest BCUT2D eigenvalue weighted by atomic mass is 32.1. The lowest BCUT2D eigenvalue weighted by Gasteiger charge is -2.28. The van der Waals surface area contributed by atoms with Crippen molar-refractivity contribution in [3.63, 3.8) is 0 Å². The van der Waals surface area contributed by atoms with E-state index in [2.05, 4.69) is 4.98 Å². The predicted molar refractivity (Wildman–Crippen MR) is 115 cm³/mol. The number of nitrogens with one attached hydrogen (secondary N) is 1. The maximum absolute atomic E-state index is 13.3. The van der Waals surface area contributed by atoms with E-state index in [0.717, 1.165) is 0 Å². The number of ketones is 1. The minimum absolute atomic E-state index is 0.0571. The van der Waals surface area contributed by atoms with Crippen LogP contribution in [0.5, 0.6) is 11.5 Å². The third-order valence-electron chi connectivity index (χ3n) is 5.42. The molecule has 0 aliphatic carbocycles. The zero-order valence-corrected chi connectivity index (χ0v) is 18.6. The van der Waals surface area contributed by atoms with Crippen LogP contribution in [0, 0.1) is 0 Å². The molecule has 3 heterocycles. The largest absolute Gasteiger partial charge is 0.868 e. The summed E-state index contributed by atoms with van der Waals surface area (Å²) in [5.41, 5.74) is 0.485. The summed E-state index contributed by atoms with van der Waals surface area (Å²) < 4.78 is 12.8. The van der Waals surface area contributed by atoms with E-state index in [-0.39, 0.29) is 5.57 Å². The molecule has 0 spiro atoms. The Labute approximate surface area is 189 Å². The van der Waals surface area contributed by atoms with Crippen molar-refractivity contribution in [2.24, 2.45) is 0 Å². The first kappa shape index (κ1) is 21.6. The van der Waals surface area contributed by atoms with Crippen molar-refractivity contribution >= 4 is 23.0 Å². The van der Waals surface area contributed by atoms with Gasteiger partial charge in [0, 0.05) is 24.1 Å². The van der Waals surface area contributed by atoms with Crippen LogP contribution in [0.1, 0.15) is 27.7 Å². The molecular weight excluding hydrogens is 430 g/mol. The van der Waals surface area contributed by atoms with Crippen LogP contribution >= 0.6 is 11.3 Å². The lowest BCUT2D eigenvalue weighted by Crippen LogP contribution is -2.37. The molecule has 9 heteroatoms. The van der Waals surface area contributed by atoms with Crippen LogP contribution in [-0.2, 0) is 11.3 Å². The monoisotopic (exact) mass is 453 g/mol. The second-order valence-corrected chi connectivity index (χ2v) is 8.21. The van der Waals surface area contributed by atoms with E-state index in [1.807, 2.05) is 17.1 Å².